The minimum atomic E-state index is -0.808. The van der Waals surface area contributed by atoms with Crippen molar-refractivity contribution in [2.75, 3.05) is 0 Å². The quantitative estimate of drug-likeness (QED) is 0.0377. The van der Waals surface area contributed by atoms with Crippen LogP contribution in [0.4, 0.5) is 0 Å². The highest BCUT2D eigenvalue weighted by Crippen LogP contribution is 2.37. The number of epoxide rings is 1. The maximum absolute atomic E-state index is 10.5. The summed E-state index contributed by atoms with van der Waals surface area (Å²) in [7, 11) is 0. The van der Waals surface area contributed by atoms with E-state index in [4.69, 9.17) is 14.6 Å². The summed E-state index contributed by atoms with van der Waals surface area (Å²) in [5, 5.41) is 39.5. The van der Waals surface area contributed by atoms with Gasteiger partial charge in [-0.1, -0.05) is 121 Å². The number of hydrogen-bond donors (Lipinski definition) is 4. The molecule has 0 aromatic rings. The average molecular weight is 623 g/mol. The zero-order valence-corrected chi connectivity index (χ0v) is 27.8. The number of ether oxygens (including phenoxy) is 2. The average Bonchev–Trinajstić information content (AvgIpc) is 3.63. The third-order valence-electron chi connectivity index (χ3n) is 9.29. The van der Waals surface area contributed by atoms with Gasteiger partial charge in [-0.25, -0.2) is 0 Å². The number of carbonyl (C=O) groups is 1. The normalized spacial score (nSPS) is 23.9. The van der Waals surface area contributed by atoms with Gasteiger partial charge < -0.3 is 29.9 Å². The summed E-state index contributed by atoms with van der Waals surface area (Å²) in [5.74, 6) is -0.712. The molecule has 7 nitrogen and oxygen atoms in total. The second-order valence-corrected chi connectivity index (χ2v) is 13.4. The van der Waals surface area contributed by atoms with Gasteiger partial charge in [0.05, 0.1) is 36.6 Å². The van der Waals surface area contributed by atoms with Gasteiger partial charge in [0.15, 0.2) is 0 Å². The number of aliphatic hydroxyl groups excluding tert-OH is 3. The molecule has 2 aliphatic heterocycles. The summed E-state index contributed by atoms with van der Waals surface area (Å²) in [6.07, 6.45) is 31.3. The minimum Gasteiger partial charge on any atom is -0.481 e. The summed E-state index contributed by atoms with van der Waals surface area (Å²) >= 11 is 0. The Kier molecular flexibility index (Phi) is 22.0. The number of carboxylic acids is 1. The van der Waals surface area contributed by atoms with Crippen molar-refractivity contribution in [1.29, 1.82) is 0 Å². The molecule has 0 spiro atoms. The Hall–Kier alpha value is -1.25. The standard InChI is InChI=1S/C37H66O7/c1-2-3-4-5-8-12-19-24-34-37(44-34)35-29-27-31(43-35)22-17-14-15-18-23-32(39)33(40)28-26-30(38)21-16-11-9-6-7-10-13-20-25-36(41)42/h14-15,17,22,30-35,37-40H,2-13,16,18-21,23-29H2,1H3,(H,41,42)/b15-14+,22-17-. The molecule has 0 aliphatic carbocycles. The predicted octanol–water partition coefficient (Wildman–Crippen LogP) is 8.18. The molecule has 2 saturated heterocycles. The van der Waals surface area contributed by atoms with Gasteiger partial charge in [0, 0.05) is 6.42 Å². The third-order valence-corrected chi connectivity index (χ3v) is 9.29. The topological polar surface area (TPSA) is 120 Å². The zero-order chi connectivity index (χ0) is 31.8. The van der Waals surface area contributed by atoms with Crippen LogP contribution in [0.15, 0.2) is 24.3 Å². The fourth-order valence-electron chi connectivity index (χ4n) is 6.33. The second kappa shape index (κ2) is 24.9. The number of aliphatic hydroxyl groups is 3. The Bertz CT molecular complexity index is 769. The molecule has 0 aromatic heterocycles. The largest absolute Gasteiger partial charge is 0.481 e. The molecule has 2 fully saturated rings. The van der Waals surface area contributed by atoms with Crippen LogP contribution in [0.2, 0.25) is 0 Å². The van der Waals surface area contributed by atoms with Crippen LogP contribution < -0.4 is 0 Å². The second-order valence-electron chi connectivity index (χ2n) is 13.4. The zero-order valence-electron chi connectivity index (χ0n) is 27.8. The summed E-state index contributed by atoms with van der Waals surface area (Å²) in [4.78, 5) is 10.5. The van der Waals surface area contributed by atoms with E-state index in [2.05, 4.69) is 13.0 Å². The van der Waals surface area contributed by atoms with Crippen molar-refractivity contribution < 1.29 is 34.7 Å². The molecule has 7 unspecified atom stereocenters. The molecule has 256 valence electrons. The van der Waals surface area contributed by atoms with Gasteiger partial charge in [0.1, 0.15) is 6.10 Å². The Morgan fingerprint density at radius 1 is 0.727 bits per heavy atom. The molecule has 0 radical (unpaired) electrons. The highest BCUT2D eigenvalue weighted by Gasteiger charge is 2.47. The lowest BCUT2D eigenvalue weighted by Crippen LogP contribution is -2.27. The van der Waals surface area contributed by atoms with Crippen LogP contribution in [0, 0.1) is 0 Å². The third kappa shape index (κ3) is 19.3. The summed E-state index contributed by atoms with van der Waals surface area (Å²) < 4.78 is 12.2. The van der Waals surface area contributed by atoms with E-state index < -0.39 is 24.3 Å². The van der Waals surface area contributed by atoms with Crippen LogP contribution in [0.1, 0.15) is 161 Å². The number of unbranched alkanes of at least 4 members (excludes halogenated alkanes) is 13. The molecular weight excluding hydrogens is 556 g/mol. The predicted molar refractivity (Wildman–Crippen MR) is 178 cm³/mol. The first kappa shape index (κ1) is 38.9. The number of allylic oxidation sites excluding steroid dienone is 3. The molecule has 4 N–H and O–H groups in total. The fraction of sp³-hybridized carbons (Fsp3) is 0.865. The highest BCUT2D eigenvalue weighted by atomic mass is 16.6. The smallest absolute Gasteiger partial charge is 0.303 e. The summed E-state index contributed by atoms with van der Waals surface area (Å²) in [6.45, 7) is 2.26. The van der Waals surface area contributed by atoms with Gasteiger partial charge >= 0.3 is 5.97 Å². The van der Waals surface area contributed by atoms with Gasteiger partial charge in [0.2, 0.25) is 0 Å². The van der Waals surface area contributed by atoms with Crippen LogP contribution in [-0.2, 0) is 14.3 Å². The highest BCUT2D eigenvalue weighted by molar-refractivity contribution is 5.66. The van der Waals surface area contributed by atoms with Crippen molar-refractivity contribution >= 4 is 5.97 Å². The number of hydrogen-bond acceptors (Lipinski definition) is 6. The van der Waals surface area contributed by atoms with Crippen molar-refractivity contribution in [3.05, 3.63) is 24.3 Å². The molecule has 0 saturated carbocycles. The Labute approximate surface area is 268 Å². The van der Waals surface area contributed by atoms with E-state index in [1.807, 2.05) is 18.2 Å². The van der Waals surface area contributed by atoms with E-state index in [-0.39, 0.29) is 18.6 Å². The van der Waals surface area contributed by atoms with Crippen molar-refractivity contribution in [3.63, 3.8) is 0 Å². The van der Waals surface area contributed by atoms with Crippen LogP contribution in [-0.4, -0.2) is 69.1 Å². The lowest BCUT2D eigenvalue weighted by molar-refractivity contribution is -0.137. The molecule has 0 bridgehead atoms. The molecule has 2 heterocycles. The number of carboxylic acid groups (broad SMARTS) is 1. The van der Waals surface area contributed by atoms with E-state index in [9.17, 15) is 20.1 Å². The lowest BCUT2D eigenvalue weighted by atomic mass is 9.99. The Balaban J connectivity index is 1.41. The van der Waals surface area contributed by atoms with E-state index in [1.54, 1.807) is 0 Å². The molecule has 7 heteroatoms. The first-order valence-electron chi connectivity index (χ1n) is 18.3. The van der Waals surface area contributed by atoms with Crippen molar-refractivity contribution in [3.8, 4) is 0 Å². The first-order valence-corrected chi connectivity index (χ1v) is 18.3. The van der Waals surface area contributed by atoms with E-state index in [1.165, 1.54) is 51.4 Å². The SMILES string of the molecule is CCCCCCCCCC1OC1C1CCC(/C=C\C=C\CCC(O)C(O)CCC(O)CCCCCCCCCCC(=O)O)O1. The molecule has 0 amide bonds. The van der Waals surface area contributed by atoms with Crippen molar-refractivity contribution in [2.45, 2.75) is 204 Å². The first-order chi connectivity index (χ1) is 21.4. The molecular formula is C37H66O7. The van der Waals surface area contributed by atoms with Gasteiger partial charge in [-0.3, -0.25) is 4.79 Å². The van der Waals surface area contributed by atoms with Crippen molar-refractivity contribution in [2.24, 2.45) is 0 Å². The molecule has 2 rings (SSSR count). The van der Waals surface area contributed by atoms with Crippen molar-refractivity contribution in [1.82, 2.24) is 0 Å². The van der Waals surface area contributed by atoms with Crippen LogP contribution in [0.3, 0.4) is 0 Å². The van der Waals surface area contributed by atoms with Gasteiger partial charge in [-0.2, -0.15) is 0 Å². The summed E-state index contributed by atoms with van der Waals surface area (Å²) in [5.41, 5.74) is 0. The number of aliphatic carboxylic acids is 1. The van der Waals surface area contributed by atoms with E-state index in [0.717, 1.165) is 70.6 Å². The van der Waals surface area contributed by atoms with Gasteiger partial charge in [0.25, 0.3) is 0 Å². The fourth-order valence-corrected chi connectivity index (χ4v) is 6.33. The molecule has 2 aliphatic rings. The van der Waals surface area contributed by atoms with Gasteiger partial charge in [-0.15, -0.1) is 0 Å². The summed E-state index contributed by atoms with van der Waals surface area (Å²) in [6, 6.07) is 0. The van der Waals surface area contributed by atoms with E-state index in [0.29, 0.717) is 37.9 Å². The molecule has 7 atom stereocenters. The lowest BCUT2D eigenvalue weighted by Gasteiger charge is -2.19. The maximum Gasteiger partial charge on any atom is 0.303 e. The molecule has 44 heavy (non-hydrogen) atoms. The van der Waals surface area contributed by atoms with Crippen LogP contribution in [0.5, 0.6) is 0 Å². The maximum atomic E-state index is 10.5. The van der Waals surface area contributed by atoms with Crippen LogP contribution in [0.25, 0.3) is 0 Å². The van der Waals surface area contributed by atoms with Crippen LogP contribution >= 0.6 is 0 Å². The van der Waals surface area contributed by atoms with E-state index >= 15 is 0 Å². The molecule has 0 aromatic carbocycles. The Morgan fingerprint density at radius 2 is 1.36 bits per heavy atom. The Morgan fingerprint density at radius 3 is 2.07 bits per heavy atom. The number of rotatable bonds is 29. The minimum absolute atomic E-state index is 0.147. The monoisotopic (exact) mass is 622 g/mol. The van der Waals surface area contributed by atoms with Gasteiger partial charge in [-0.05, 0) is 57.8 Å².